The van der Waals surface area contributed by atoms with Crippen LogP contribution >= 0.6 is 11.3 Å². The minimum Gasteiger partial charge on any atom is -0.481 e. The van der Waals surface area contributed by atoms with Gasteiger partial charge in [-0.05, 0) is 25.0 Å². The third-order valence-corrected chi connectivity index (χ3v) is 4.05. The molecule has 0 fully saturated rings. The number of anilines is 1. The number of nitrogens with one attached hydrogen (secondary N) is 1. The Morgan fingerprint density at radius 3 is 2.73 bits per heavy atom. The highest BCUT2D eigenvalue weighted by Crippen LogP contribution is 2.23. The van der Waals surface area contributed by atoms with E-state index in [0.717, 1.165) is 16.1 Å². The second-order valence-corrected chi connectivity index (χ2v) is 5.74. The van der Waals surface area contributed by atoms with Gasteiger partial charge < -0.3 is 5.11 Å². The molecule has 6 heteroatoms. The number of carboxylic acids is 1. The number of hydrogen-bond acceptors (Lipinski definition) is 4. The Morgan fingerprint density at radius 1 is 1.32 bits per heavy atom. The fraction of sp³-hybridized carbons (Fsp3) is 0.188. The van der Waals surface area contributed by atoms with Crippen LogP contribution in [-0.4, -0.2) is 22.0 Å². The lowest BCUT2D eigenvalue weighted by atomic mass is 10.2. The van der Waals surface area contributed by atoms with E-state index in [1.165, 1.54) is 17.4 Å². The number of nitrogens with zero attached hydrogens (tertiary/aromatic N) is 1. The van der Waals surface area contributed by atoms with Crippen molar-refractivity contribution in [1.82, 2.24) is 4.98 Å². The first-order valence-corrected chi connectivity index (χ1v) is 7.58. The first kappa shape index (κ1) is 15.9. The van der Waals surface area contributed by atoms with E-state index >= 15 is 0 Å². The summed E-state index contributed by atoms with van der Waals surface area (Å²) >= 11 is 1.31. The molecule has 0 unspecified atom stereocenters. The first-order valence-electron chi connectivity index (χ1n) is 6.77. The van der Waals surface area contributed by atoms with Crippen LogP contribution in [0.4, 0.5) is 5.13 Å². The summed E-state index contributed by atoms with van der Waals surface area (Å²) in [6, 6.07) is 9.52. The monoisotopic (exact) mass is 316 g/mol. The highest BCUT2D eigenvalue weighted by atomic mass is 32.1. The lowest BCUT2D eigenvalue weighted by molar-refractivity contribution is -0.136. The molecule has 2 rings (SSSR count). The minimum atomic E-state index is -0.843. The molecule has 2 N–H and O–H groups in total. The molecule has 0 radical (unpaired) electrons. The molecule has 0 aliphatic carbocycles. The van der Waals surface area contributed by atoms with Crippen LogP contribution in [-0.2, 0) is 16.0 Å². The standard InChI is InChI=1S/C16H16N2O3S/c1-11-13(8-10-15(20)21)22-16(17-11)18-14(19)9-7-12-5-3-2-4-6-12/h2-7,9H,8,10H2,1H3,(H,20,21)(H,17,18,19)/b9-7+. The summed E-state index contributed by atoms with van der Waals surface area (Å²) in [7, 11) is 0. The molecule has 0 saturated carbocycles. The Labute approximate surface area is 132 Å². The molecule has 2 aromatic rings. The van der Waals surface area contributed by atoms with E-state index in [9.17, 15) is 9.59 Å². The number of carbonyl (C=O) groups is 2. The highest BCUT2D eigenvalue weighted by Gasteiger charge is 2.10. The Balaban J connectivity index is 1.95. The highest BCUT2D eigenvalue weighted by molar-refractivity contribution is 7.15. The molecule has 0 saturated heterocycles. The SMILES string of the molecule is Cc1nc(NC(=O)/C=C/c2ccccc2)sc1CCC(=O)O. The van der Waals surface area contributed by atoms with Gasteiger partial charge in [0.15, 0.2) is 5.13 Å². The van der Waals surface area contributed by atoms with Gasteiger partial charge in [0.2, 0.25) is 5.91 Å². The molecule has 0 atom stereocenters. The van der Waals surface area contributed by atoms with E-state index in [4.69, 9.17) is 5.11 Å². The van der Waals surface area contributed by atoms with E-state index in [-0.39, 0.29) is 12.3 Å². The maximum atomic E-state index is 11.8. The van der Waals surface area contributed by atoms with Crippen LogP contribution in [0, 0.1) is 6.92 Å². The number of carboxylic acid groups (broad SMARTS) is 1. The van der Waals surface area contributed by atoms with Gasteiger partial charge in [-0.3, -0.25) is 14.9 Å². The number of benzene rings is 1. The van der Waals surface area contributed by atoms with Gasteiger partial charge in [-0.15, -0.1) is 11.3 Å². The second kappa shape index (κ2) is 7.51. The maximum Gasteiger partial charge on any atom is 0.303 e. The molecule has 22 heavy (non-hydrogen) atoms. The van der Waals surface area contributed by atoms with Crippen LogP contribution in [0.15, 0.2) is 36.4 Å². The Morgan fingerprint density at radius 2 is 2.05 bits per heavy atom. The van der Waals surface area contributed by atoms with Gasteiger partial charge in [0.1, 0.15) is 0 Å². The third-order valence-electron chi connectivity index (χ3n) is 2.92. The van der Waals surface area contributed by atoms with Gasteiger partial charge in [0.25, 0.3) is 0 Å². The molecule has 0 aliphatic heterocycles. The van der Waals surface area contributed by atoms with Crippen LogP contribution in [0.2, 0.25) is 0 Å². The summed E-state index contributed by atoms with van der Waals surface area (Å²) in [5.74, 6) is -1.11. The number of aliphatic carboxylic acids is 1. The smallest absolute Gasteiger partial charge is 0.303 e. The van der Waals surface area contributed by atoms with Crippen molar-refractivity contribution in [2.24, 2.45) is 0 Å². The van der Waals surface area contributed by atoms with E-state index in [0.29, 0.717) is 11.6 Å². The summed E-state index contributed by atoms with van der Waals surface area (Å²) < 4.78 is 0. The lowest BCUT2D eigenvalue weighted by Gasteiger charge is -1.96. The van der Waals surface area contributed by atoms with Gasteiger partial charge in [-0.25, -0.2) is 4.98 Å². The summed E-state index contributed by atoms with van der Waals surface area (Å²) in [4.78, 5) is 27.6. The number of amides is 1. The Kier molecular flexibility index (Phi) is 5.43. The minimum absolute atomic E-state index is 0.0599. The molecular weight excluding hydrogens is 300 g/mol. The zero-order valence-corrected chi connectivity index (χ0v) is 12.9. The van der Waals surface area contributed by atoms with Crippen LogP contribution in [0.1, 0.15) is 22.6 Å². The number of carbonyl (C=O) groups excluding carboxylic acids is 1. The number of aryl methyl sites for hydroxylation is 2. The Hall–Kier alpha value is -2.47. The molecular formula is C16H16N2O3S. The van der Waals surface area contributed by atoms with Crippen molar-refractivity contribution in [1.29, 1.82) is 0 Å². The largest absolute Gasteiger partial charge is 0.481 e. The van der Waals surface area contributed by atoms with E-state index in [2.05, 4.69) is 10.3 Å². The number of hydrogen-bond donors (Lipinski definition) is 2. The van der Waals surface area contributed by atoms with E-state index in [1.54, 1.807) is 6.08 Å². The molecule has 1 heterocycles. The number of aromatic nitrogens is 1. The Bertz CT molecular complexity index is 693. The quantitative estimate of drug-likeness (QED) is 0.803. The van der Waals surface area contributed by atoms with Crippen molar-refractivity contribution in [2.75, 3.05) is 5.32 Å². The van der Waals surface area contributed by atoms with Crippen molar-refractivity contribution >= 4 is 34.4 Å². The molecule has 0 aliphatic rings. The zero-order valence-electron chi connectivity index (χ0n) is 12.1. The summed E-state index contributed by atoms with van der Waals surface area (Å²) in [6.07, 6.45) is 3.66. The normalized spacial score (nSPS) is 10.8. The first-order chi connectivity index (χ1) is 10.5. The molecule has 1 aromatic carbocycles. The molecule has 0 spiro atoms. The molecule has 5 nitrogen and oxygen atoms in total. The van der Waals surface area contributed by atoms with Crippen LogP contribution in [0.5, 0.6) is 0 Å². The van der Waals surface area contributed by atoms with Crippen molar-refractivity contribution in [3.63, 3.8) is 0 Å². The van der Waals surface area contributed by atoms with Crippen LogP contribution in [0.25, 0.3) is 6.08 Å². The topological polar surface area (TPSA) is 79.3 Å². The van der Waals surface area contributed by atoms with Gasteiger partial charge in [0.05, 0.1) is 12.1 Å². The van der Waals surface area contributed by atoms with E-state index in [1.807, 2.05) is 37.3 Å². The average molecular weight is 316 g/mol. The lowest BCUT2D eigenvalue weighted by Crippen LogP contribution is -2.07. The predicted molar refractivity (Wildman–Crippen MR) is 86.9 cm³/mol. The average Bonchev–Trinajstić information content (AvgIpc) is 2.84. The summed E-state index contributed by atoms with van der Waals surface area (Å²) in [5.41, 5.74) is 1.70. The van der Waals surface area contributed by atoms with Gasteiger partial charge in [-0.2, -0.15) is 0 Å². The molecule has 1 aromatic heterocycles. The van der Waals surface area contributed by atoms with Crippen molar-refractivity contribution in [3.8, 4) is 0 Å². The van der Waals surface area contributed by atoms with Crippen LogP contribution < -0.4 is 5.32 Å². The molecule has 0 bridgehead atoms. The second-order valence-electron chi connectivity index (χ2n) is 4.65. The molecule has 1 amide bonds. The molecule has 114 valence electrons. The fourth-order valence-electron chi connectivity index (χ4n) is 1.82. The fourth-order valence-corrected chi connectivity index (χ4v) is 2.78. The van der Waals surface area contributed by atoms with E-state index < -0.39 is 5.97 Å². The van der Waals surface area contributed by atoms with Crippen molar-refractivity contribution in [2.45, 2.75) is 19.8 Å². The number of rotatable bonds is 6. The third kappa shape index (κ3) is 4.82. The zero-order chi connectivity index (χ0) is 15.9. The number of thiazole rings is 1. The van der Waals surface area contributed by atoms with Crippen LogP contribution in [0.3, 0.4) is 0 Å². The maximum absolute atomic E-state index is 11.8. The van der Waals surface area contributed by atoms with Crippen molar-refractivity contribution < 1.29 is 14.7 Å². The predicted octanol–water partition coefficient (Wildman–Crippen LogP) is 3.12. The van der Waals surface area contributed by atoms with Gasteiger partial charge in [-0.1, -0.05) is 30.3 Å². The van der Waals surface area contributed by atoms with Gasteiger partial charge in [0, 0.05) is 11.0 Å². The summed E-state index contributed by atoms with van der Waals surface area (Å²) in [6.45, 7) is 1.81. The van der Waals surface area contributed by atoms with Crippen molar-refractivity contribution in [3.05, 3.63) is 52.5 Å². The summed E-state index contributed by atoms with van der Waals surface area (Å²) in [5, 5.41) is 11.9. The van der Waals surface area contributed by atoms with Gasteiger partial charge >= 0.3 is 5.97 Å².